The number of nitrogens with zero attached hydrogens (tertiary/aromatic N) is 2. The monoisotopic (exact) mass is 296 g/mol. The lowest BCUT2D eigenvalue weighted by Crippen LogP contribution is -2.25. The van der Waals surface area contributed by atoms with E-state index in [0.29, 0.717) is 16.7 Å². The van der Waals surface area contributed by atoms with Gasteiger partial charge in [0.25, 0.3) is 0 Å². The molecule has 2 N–H and O–H groups in total. The van der Waals surface area contributed by atoms with Crippen molar-refractivity contribution in [3.8, 4) is 0 Å². The van der Waals surface area contributed by atoms with Crippen LogP contribution in [0, 0.1) is 0 Å². The Bertz CT molecular complexity index is 851. The van der Waals surface area contributed by atoms with Crippen molar-refractivity contribution < 1.29 is 15.0 Å². The van der Waals surface area contributed by atoms with Crippen LogP contribution in [0.1, 0.15) is 28.5 Å². The zero-order valence-corrected chi connectivity index (χ0v) is 12.3. The number of carboxylic acid groups (broad SMARTS) is 1. The average Bonchev–Trinajstić information content (AvgIpc) is 2.86. The number of aliphatic hydroxyl groups is 1. The summed E-state index contributed by atoms with van der Waals surface area (Å²) in [5, 5.41) is 20.3. The highest BCUT2D eigenvalue weighted by Gasteiger charge is 2.30. The van der Waals surface area contributed by atoms with E-state index in [1.54, 1.807) is 24.6 Å². The fraction of sp³-hybridized carbons (Fsp3) is 0.176. The Kier molecular flexibility index (Phi) is 3.22. The van der Waals surface area contributed by atoms with Gasteiger partial charge >= 0.3 is 5.97 Å². The molecule has 0 bridgehead atoms. The molecule has 0 saturated heterocycles. The molecule has 3 aromatic rings. The molecule has 1 unspecified atom stereocenters. The number of hydrogen-bond acceptors (Lipinski definition) is 3. The molecule has 1 atom stereocenters. The van der Waals surface area contributed by atoms with Crippen LogP contribution in [0.3, 0.4) is 0 Å². The fourth-order valence-corrected chi connectivity index (χ4v) is 2.83. The molecular weight excluding hydrogens is 280 g/mol. The van der Waals surface area contributed by atoms with E-state index in [0.717, 1.165) is 5.56 Å². The third kappa shape index (κ3) is 2.07. The van der Waals surface area contributed by atoms with Crippen molar-refractivity contribution in [1.29, 1.82) is 0 Å². The predicted molar refractivity (Wildman–Crippen MR) is 82.8 cm³/mol. The molecule has 3 rings (SSSR count). The maximum absolute atomic E-state index is 11.4. The van der Waals surface area contributed by atoms with E-state index in [4.69, 9.17) is 0 Å². The van der Waals surface area contributed by atoms with Gasteiger partial charge in [-0.1, -0.05) is 30.3 Å². The minimum absolute atomic E-state index is 0.169. The molecule has 0 saturated carbocycles. The Hall–Kier alpha value is -2.66. The van der Waals surface area contributed by atoms with Crippen molar-refractivity contribution in [2.45, 2.75) is 12.5 Å². The van der Waals surface area contributed by atoms with Gasteiger partial charge in [-0.05, 0) is 24.6 Å². The van der Waals surface area contributed by atoms with Crippen molar-refractivity contribution in [1.82, 2.24) is 9.55 Å². The largest absolute Gasteiger partial charge is 0.478 e. The van der Waals surface area contributed by atoms with Crippen LogP contribution in [0.4, 0.5) is 0 Å². The molecule has 5 heteroatoms. The van der Waals surface area contributed by atoms with Crippen LogP contribution in [0.15, 0.2) is 48.7 Å². The van der Waals surface area contributed by atoms with Crippen LogP contribution in [0.25, 0.3) is 11.0 Å². The summed E-state index contributed by atoms with van der Waals surface area (Å²) in [4.78, 5) is 15.6. The maximum Gasteiger partial charge on any atom is 0.337 e. The third-order valence-corrected chi connectivity index (χ3v) is 3.99. The van der Waals surface area contributed by atoms with Crippen LogP contribution in [-0.4, -0.2) is 25.7 Å². The summed E-state index contributed by atoms with van der Waals surface area (Å²) in [7, 11) is 1.74. The summed E-state index contributed by atoms with van der Waals surface area (Å²) >= 11 is 0. The number of carbonyl (C=O) groups is 1. The second-order valence-corrected chi connectivity index (χ2v) is 5.42. The highest BCUT2D eigenvalue weighted by molar-refractivity contribution is 6.01. The second kappa shape index (κ2) is 4.96. The number of benzene rings is 1. The number of aromatic carboxylic acids is 1. The lowest BCUT2D eigenvalue weighted by atomic mass is 9.92. The van der Waals surface area contributed by atoms with Crippen molar-refractivity contribution >= 4 is 17.0 Å². The van der Waals surface area contributed by atoms with Gasteiger partial charge in [0, 0.05) is 13.2 Å². The Labute approximate surface area is 127 Å². The number of rotatable bonds is 3. The van der Waals surface area contributed by atoms with E-state index in [2.05, 4.69) is 4.98 Å². The first-order valence-electron chi connectivity index (χ1n) is 6.89. The summed E-state index contributed by atoms with van der Waals surface area (Å²) in [6, 6.07) is 12.5. The van der Waals surface area contributed by atoms with Gasteiger partial charge in [0.1, 0.15) is 5.60 Å². The SMILES string of the molecule is Cn1c(C(C)(O)c2ccccc2)cc2nccc(C(=O)O)c21. The first-order valence-corrected chi connectivity index (χ1v) is 6.89. The highest BCUT2D eigenvalue weighted by atomic mass is 16.4. The number of hydrogen-bond donors (Lipinski definition) is 2. The predicted octanol–water partition coefficient (Wildman–Crippen LogP) is 2.53. The molecule has 0 radical (unpaired) electrons. The summed E-state index contributed by atoms with van der Waals surface area (Å²) in [6.07, 6.45) is 1.47. The Morgan fingerprint density at radius 1 is 1.23 bits per heavy atom. The average molecular weight is 296 g/mol. The molecule has 5 nitrogen and oxygen atoms in total. The molecule has 2 aromatic heterocycles. The van der Waals surface area contributed by atoms with Crippen molar-refractivity contribution in [3.63, 3.8) is 0 Å². The summed E-state index contributed by atoms with van der Waals surface area (Å²) in [5.41, 5.74) is 1.30. The Morgan fingerprint density at radius 2 is 1.91 bits per heavy atom. The van der Waals surface area contributed by atoms with Crippen LogP contribution in [-0.2, 0) is 12.6 Å². The molecule has 22 heavy (non-hydrogen) atoms. The summed E-state index contributed by atoms with van der Waals surface area (Å²) in [6.45, 7) is 1.69. The number of pyridine rings is 1. The van der Waals surface area contributed by atoms with Crippen molar-refractivity contribution in [2.75, 3.05) is 0 Å². The van der Waals surface area contributed by atoms with Crippen molar-refractivity contribution in [2.24, 2.45) is 7.05 Å². The highest BCUT2D eigenvalue weighted by Crippen LogP contribution is 2.33. The Morgan fingerprint density at radius 3 is 2.55 bits per heavy atom. The Balaban J connectivity index is 2.27. The van der Waals surface area contributed by atoms with Gasteiger partial charge in [-0.15, -0.1) is 0 Å². The number of aromatic nitrogens is 2. The zero-order chi connectivity index (χ0) is 15.9. The lowest BCUT2D eigenvalue weighted by Gasteiger charge is -2.25. The van der Waals surface area contributed by atoms with Gasteiger partial charge in [0.05, 0.1) is 22.3 Å². The third-order valence-electron chi connectivity index (χ3n) is 3.99. The molecule has 0 fully saturated rings. The second-order valence-electron chi connectivity index (χ2n) is 5.42. The molecule has 0 aliphatic rings. The van der Waals surface area contributed by atoms with Crippen molar-refractivity contribution in [3.05, 3.63) is 65.5 Å². The number of fused-ring (bicyclic) bond motifs is 1. The van der Waals surface area contributed by atoms with Gasteiger partial charge in [0.2, 0.25) is 0 Å². The smallest absolute Gasteiger partial charge is 0.337 e. The van der Waals surface area contributed by atoms with E-state index >= 15 is 0 Å². The van der Waals surface area contributed by atoms with E-state index in [1.165, 1.54) is 12.3 Å². The van der Waals surface area contributed by atoms with Gasteiger partial charge in [0.15, 0.2) is 0 Å². The van der Waals surface area contributed by atoms with Gasteiger partial charge < -0.3 is 14.8 Å². The van der Waals surface area contributed by atoms with Gasteiger partial charge in [-0.2, -0.15) is 0 Å². The molecular formula is C17H16N2O3. The van der Waals surface area contributed by atoms with Gasteiger partial charge in [-0.3, -0.25) is 4.98 Å². The first kappa shape index (κ1) is 14.3. The van der Waals surface area contributed by atoms with Crippen LogP contribution in [0.2, 0.25) is 0 Å². The molecule has 0 aliphatic carbocycles. The normalized spacial score (nSPS) is 14.0. The topological polar surface area (TPSA) is 75.3 Å². The van der Waals surface area contributed by atoms with Crippen LogP contribution >= 0.6 is 0 Å². The molecule has 0 amide bonds. The van der Waals surface area contributed by atoms with Crippen LogP contribution < -0.4 is 0 Å². The fourth-order valence-electron chi connectivity index (χ4n) is 2.83. The molecule has 112 valence electrons. The quantitative estimate of drug-likeness (QED) is 0.778. The molecule has 1 aromatic carbocycles. The number of aryl methyl sites for hydroxylation is 1. The molecule has 0 spiro atoms. The minimum atomic E-state index is -1.24. The molecule has 2 heterocycles. The summed E-state index contributed by atoms with van der Waals surface area (Å²) in [5.74, 6) is -1.01. The zero-order valence-electron chi connectivity index (χ0n) is 12.3. The minimum Gasteiger partial charge on any atom is -0.478 e. The standard InChI is InChI=1S/C17H16N2O3/c1-17(22,11-6-4-3-5-7-11)14-10-13-15(19(14)2)12(16(20)21)8-9-18-13/h3-10,22H,1-2H3,(H,20,21). The lowest BCUT2D eigenvalue weighted by molar-refractivity contribution is 0.0697. The van der Waals surface area contributed by atoms with Gasteiger partial charge in [-0.25, -0.2) is 4.79 Å². The summed E-state index contributed by atoms with van der Waals surface area (Å²) < 4.78 is 1.69. The van der Waals surface area contributed by atoms with E-state index in [1.807, 2.05) is 30.3 Å². The number of carboxylic acids is 1. The molecule has 0 aliphatic heterocycles. The van der Waals surface area contributed by atoms with E-state index < -0.39 is 11.6 Å². The first-order chi connectivity index (χ1) is 10.4. The van der Waals surface area contributed by atoms with E-state index in [9.17, 15) is 15.0 Å². The maximum atomic E-state index is 11.4. The van der Waals surface area contributed by atoms with Crippen LogP contribution in [0.5, 0.6) is 0 Å². The van der Waals surface area contributed by atoms with E-state index in [-0.39, 0.29) is 5.56 Å².